The summed E-state index contributed by atoms with van der Waals surface area (Å²) < 4.78 is 1.59. The number of nitrogen functional groups attached to an aromatic ring is 1. The molecule has 1 heterocycles. The second-order valence-electron chi connectivity index (χ2n) is 4.86. The Morgan fingerprint density at radius 3 is 2.72 bits per heavy atom. The van der Waals surface area contributed by atoms with E-state index in [4.69, 9.17) is 5.73 Å². The van der Waals surface area contributed by atoms with Gasteiger partial charge in [0.05, 0.1) is 11.9 Å². The molecule has 1 aromatic rings. The molecule has 0 unspecified atom stereocenters. The van der Waals surface area contributed by atoms with Gasteiger partial charge in [-0.25, -0.2) is 0 Å². The summed E-state index contributed by atoms with van der Waals surface area (Å²) >= 11 is 0. The highest BCUT2D eigenvalue weighted by molar-refractivity contribution is 5.76. The van der Waals surface area contributed by atoms with Crippen LogP contribution in [0.25, 0.3) is 0 Å². The van der Waals surface area contributed by atoms with Crippen molar-refractivity contribution in [3.05, 3.63) is 12.4 Å². The molecule has 0 atom stereocenters. The number of carbonyl (C=O) groups excluding carboxylic acids is 1. The number of anilines is 1. The highest BCUT2D eigenvalue weighted by atomic mass is 16.2. The van der Waals surface area contributed by atoms with Gasteiger partial charge in [-0.3, -0.25) is 9.48 Å². The first-order valence-electron chi connectivity index (χ1n) is 6.62. The third-order valence-corrected chi connectivity index (χ3v) is 2.90. The van der Waals surface area contributed by atoms with Crippen molar-refractivity contribution in [1.82, 2.24) is 14.7 Å². The maximum absolute atomic E-state index is 12.2. The van der Waals surface area contributed by atoms with Gasteiger partial charge in [0, 0.05) is 18.8 Å². The van der Waals surface area contributed by atoms with Crippen LogP contribution in [0.15, 0.2) is 12.4 Å². The number of nitrogens with two attached hydrogens (primary N) is 1. The summed E-state index contributed by atoms with van der Waals surface area (Å²) in [6, 6.07) is 0.224. The zero-order valence-corrected chi connectivity index (χ0v) is 11.6. The number of rotatable bonds is 7. The number of nitrogens with zero attached hydrogens (tertiary/aromatic N) is 3. The second-order valence-corrected chi connectivity index (χ2v) is 4.86. The fourth-order valence-corrected chi connectivity index (χ4v) is 1.90. The largest absolute Gasteiger partial charge is 0.396 e. The molecule has 0 saturated heterocycles. The first kappa shape index (κ1) is 14.5. The minimum Gasteiger partial charge on any atom is -0.396 e. The molecule has 5 heteroatoms. The second kappa shape index (κ2) is 7.03. The fraction of sp³-hybridized carbons (Fsp3) is 0.692. The Morgan fingerprint density at radius 1 is 1.50 bits per heavy atom. The monoisotopic (exact) mass is 252 g/mol. The topological polar surface area (TPSA) is 64.2 Å². The summed E-state index contributed by atoms with van der Waals surface area (Å²) in [4.78, 5) is 14.1. The molecule has 0 aliphatic carbocycles. The number of aromatic nitrogens is 2. The van der Waals surface area contributed by atoms with Crippen LogP contribution in [-0.2, 0) is 11.3 Å². The summed E-state index contributed by atoms with van der Waals surface area (Å²) in [6.07, 6.45) is 6.62. The molecule has 0 spiro atoms. The summed E-state index contributed by atoms with van der Waals surface area (Å²) in [5.41, 5.74) is 6.17. The van der Waals surface area contributed by atoms with E-state index in [1.54, 1.807) is 17.1 Å². The number of hydrogen-bond acceptors (Lipinski definition) is 3. The molecule has 0 aromatic carbocycles. The van der Waals surface area contributed by atoms with Gasteiger partial charge in [0.15, 0.2) is 0 Å². The highest BCUT2D eigenvalue weighted by Crippen LogP contribution is 2.06. The molecule has 18 heavy (non-hydrogen) atoms. The lowest BCUT2D eigenvalue weighted by Crippen LogP contribution is -2.39. The van der Waals surface area contributed by atoms with Crippen LogP contribution in [0.4, 0.5) is 5.69 Å². The predicted octanol–water partition coefficient (Wildman–Crippen LogP) is 1.89. The van der Waals surface area contributed by atoms with Gasteiger partial charge < -0.3 is 10.6 Å². The Kier molecular flexibility index (Phi) is 5.68. The van der Waals surface area contributed by atoms with E-state index in [9.17, 15) is 4.79 Å². The van der Waals surface area contributed by atoms with Gasteiger partial charge in [-0.15, -0.1) is 0 Å². The van der Waals surface area contributed by atoms with Crippen LogP contribution in [-0.4, -0.2) is 33.2 Å². The molecular formula is C13H24N4O. The lowest BCUT2D eigenvalue weighted by Gasteiger charge is -2.26. The van der Waals surface area contributed by atoms with Crippen LogP contribution in [0, 0.1) is 0 Å². The fourth-order valence-electron chi connectivity index (χ4n) is 1.90. The third-order valence-electron chi connectivity index (χ3n) is 2.90. The van der Waals surface area contributed by atoms with Crippen LogP contribution >= 0.6 is 0 Å². The van der Waals surface area contributed by atoms with Crippen molar-refractivity contribution >= 4 is 11.6 Å². The average molecular weight is 252 g/mol. The lowest BCUT2D eigenvalue weighted by atomic mass is 10.2. The van der Waals surface area contributed by atoms with E-state index in [-0.39, 0.29) is 18.5 Å². The molecule has 0 bridgehead atoms. The maximum atomic E-state index is 12.2. The standard InChI is InChI=1S/C13H24N4O/c1-4-5-6-7-17(11(2)3)13(18)10-16-9-12(14)8-15-16/h8-9,11H,4-7,10,14H2,1-3H3. The van der Waals surface area contributed by atoms with E-state index < -0.39 is 0 Å². The molecule has 0 radical (unpaired) electrons. The normalized spacial score (nSPS) is 10.9. The van der Waals surface area contributed by atoms with Crippen molar-refractivity contribution in [1.29, 1.82) is 0 Å². The number of unbranched alkanes of at least 4 members (excludes halogenated alkanes) is 2. The van der Waals surface area contributed by atoms with Crippen LogP contribution in [0.5, 0.6) is 0 Å². The van der Waals surface area contributed by atoms with E-state index in [2.05, 4.69) is 12.0 Å². The van der Waals surface area contributed by atoms with Gasteiger partial charge in [0.2, 0.25) is 5.91 Å². The zero-order valence-electron chi connectivity index (χ0n) is 11.6. The van der Waals surface area contributed by atoms with Crippen molar-refractivity contribution in [3.8, 4) is 0 Å². The van der Waals surface area contributed by atoms with Gasteiger partial charge in [-0.05, 0) is 20.3 Å². The summed E-state index contributed by atoms with van der Waals surface area (Å²) in [5, 5.41) is 4.04. The molecule has 1 rings (SSSR count). The summed E-state index contributed by atoms with van der Waals surface area (Å²) in [7, 11) is 0. The van der Waals surface area contributed by atoms with Gasteiger partial charge in [0.25, 0.3) is 0 Å². The Morgan fingerprint density at radius 2 is 2.22 bits per heavy atom. The maximum Gasteiger partial charge on any atom is 0.244 e. The van der Waals surface area contributed by atoms with Crippen LogP contribution < -0.4 is 5.73 Å². The number of hydrogen-bond donors (Lipinski definition) is 1. The molecule has 1 amide bonds. The molecule has 5 nitrogen and oxygen atoms in total. The first-order valence-corrected chi connectivity index (χ1v) is 6.62. The van der Waals surface area contributed by atoms with Gasteiger partial charge in [-0.1, -0.05) is 19.8 Å². The van der Waals surface area contributed by atoms with Crippen molar-refractivity contribution in [2.24, 2.45) is 0 Å². The highest BCUT2D eigenvalue weighted by Gasteiger charge is 2.16. The van der Waals surface area contributed by atoms with Crippen molar-refractivity contribution in [2.75, 3.05) is 12.3 Å². The number of carbonyl (C=O) groups is 1. The van der Waals surface area contributed by atoms with E-state index in [1.807, 2.05) is 18.7 Å². The molecule has 2 N–H and O–H groups in total. The summed E-state index contributed by atoms with van der Waals surface area (Å²) in [5.74, 6) is 0.101. The van der Waals surface area contributed by atoms with Gasteiger partial charge in [-0.2, -0.15) is 5.10 Å². The average Bonchev–Trinajstić information content (AvgIpc) is 2.69. The molecular weight excluding hydrogens is 228 g/mol. The van der Waals surface area contributed by atoms with E-state index in [0.717, 1.165) is 25.8 Å². The molecule has 102 valence electrons. The Hall–Kier alpha value is -1.52. The minimum absolute atomic E-state index is 0.101. The Labute approximate surface area is 109 Å². The quantitative estimate of drug-likeness (QED) is 0.754. The Balaban J connectivity index is 2.54. The predicted molar refractivity (Wildman–Crippen MR) is 73.0 cm³/mol. The van der Waals surface area contributed by atoms with Crippen molar-refractivity contribution in [2.45, 2.75) is 52.6 Å². The summed E-state index contributed by atoms with van der Waals surface area (Å²) in [6.45, 7) is 7.33. The molecule has 0 saturated carbocycles. The molecule has 0 aliphatic rings. The zero-order chi connectivity index (χ0) is 13.5. The minimum atomic E-state index is 0.101. The third kappa shape index (κ3) is 4.39. The molecule has 0 fully saturated rings. The van der Waals surface area contributed by atoms with Gasteiger partial charge >= 0.3 is 0 Å². The smallest absolute Gasteiger partial charge is 0.244 e. The molecule has 0 aliphatic heterocycles. The van der Waals surface area contributed by atoms with E-state index in [0.29, 0.717) is 5.69 Å². The first-order chi connectivity index (χ1) is 8.54. The van der Waals surface area contributed by atoms with E-state index >= 15 is 0 Å². The van der Waals surface area contributed by atoms with Crippen LogP contribution in [0.1, 0.15) is 40.0 Å². The SMILES string of the molecule is CCCCCN(C(=O)Cn1cc(N)cn1)C(C)C. The van der Waals surface area contributed by atoms with Crippen molar-refractivity contribution in [3.63, 3.8) is 0 Å². The van der Waals surface area contributed by atoms with Crippen LogP contribution in [0.3, 0.4) is 0 Å². The number of amides is 1. The van der Waals surface area contributed by atoms with Gasteiger partial charge in [0.1, 0.15) is 6.54 Å². The lowest BCUT2D eigenvalue weighted by molar-refractivity contribution is -0.133. The van der Waals surface area contributed by atoms with E-state index in [1.165, 1.54) is 0 Å². The Bertz CT molecular complexity index is 373. The molecule has 1 aromatic heterocycles. The van der Waals surface area contributed by atoms with Crippen molar-refractivity contribution < 1.29 is 4.79 Å². The van der Waals surface area contributed by atoms with Crippen LogP contribution in [0.2, 0.25) is 0 Å².